The van der Waals surface area contributed by atoms with Crippen LogP contribution in [0, 0.1) is 0 Å². The van der Waals surface area contributed by atoms with Crippen LogP contribution in [0.25, 0.3) is 0 Å². The number of methoxy groups -OCH3 is 2. The molecule has 0 aliphatic carbocycles. The second-order valence-corrected chi connectivity index (χ2v) is 4.00. The predicted octanol–water partition coefficient (Wildman–Crippen LogP) is 3.00. The zero-order valence-electron chi connectivity index (χ0n) is 10.5. The van der Waals surface area contributed by atoms with Gasteiger partial charge in [0.15, 0.2) is 11.5 Å². The third-order valence-electron chi connectivity index (χ3n) is 2.82. The van der Waals surface area contributed by atoms with E-state index < -0.39 is 0 Å². The third kappa shape index (κ3) is 2.56. The van der Waals surface area contributed by atoms with Crippen LogP contribution in [0.2, 0.25) is 0 Å². The van der Waals surface area contributed by atoms with Gasteiger partial charge in [-0.3, -0.25) is 0 Å². The Bertz CT molecular complexity index is 521. The molecule has 94 valence electrons. The molecule has 0 heterocycles. The van der Waals surface area contributed by atoms with Crippen LogP contribution in [0.1, 0.15) is 11.1 Å². The lowest BCUT2D eigenvalue weighted by atomic mass is 10.0. The summed E-state index contributed by atoms with van der Waals surface area (Å²) in [5.74, 6) is 1.38. The molecule has 2 aromatic carbocycles. The zero-order chi connectivity index (χ0) is 13.0. The number of phenols is 1. The van der Waals surface area contributed by atoms with E-state index in [9.17, 15) is 5.11 Å². The molecule has 3 nitrogen and oxygen atoms in total. The Labute approximate surface area is 107 Å². The molecule has 0 bridgehead atoms. The van der Waals surface area contributed by atoms with E-state index in [-0.39, 0.29) is 5.75 Å². The second-order valence-electron chi connectivity index (χ2n) is 4.00. The van der Waals surface area contributed by atoms with Gasteiger partial charge < -0.3 is 14.6 Å². The molecule has 1 N–H and O–H groups in total. The second kappa shape index (κ2) is 5.45. The molecule has 0 aromatic heterocycles. The molecular weight excluding hydrogens is 228 g/mol. The molecule has 0 saturated carbocycles. The fourth-order valence-corrected chi connectivity index (χ4v) is 1.87. The van der Waals surface area contributed by atoms with Gasteiger partial charge in [0.2, 0.25) is 0 Å². The van der Waals surface area contributed by atoms with Crippen molar-refractivity contribution in [2.24, 2.45) is 0 Å². The Morgan fingerprint density at radius 1 is 0.944 bits per heavy atom. The fourth-order valence-electron chi connectivity index (χ4n) is 1.87. The minimum absolute atomic E-state index is 0.219. The van der Waals surface area contributed by atoms with Gasteiger partial charge in [-0.15, -0.1) is 0 Å². The van der Waals surface area contributed by atoms with E-state index in [1.54, 1.807) is 26.4 Å². The van der Waals surface area contributed by atoms with Gasteiger partial charge in [-0.1, -0.05) is 30.3 Å². The molecule has 2 aromatic rings. The Kier molecular flexibility index (Phi) is 3.72. The summed E-state index contributed by atoms with van der Waals surface area (Å²) in [7, 11) is 3.13. The van der Waals surface area contributed by atoms with Crippen LogP contribution in [-0.4, -0.2) is 19.3 Å². The van der Waals surface area contributed by atoms with E-state index >= 15 is 0 Å². The number of benzene rings is 2. The Morgan fingerprint density at radius 3 is 2.17 bits per heavy atom. The molecule has 18 heavy (non-hydrogen) atoms. The van der Waals surface area contributed by atoms with E-state index in [2.05, 4.69) is 0 Å². The lowest BCUT2D eigenvalue weighted by Gasteiger charge is -2.11. The number of phenolic OH excluding ortho intramolecular Hbond substituents is 1. The maximum atomic E-state index is 9.97. The first-order valence-electron chi connectivity index (χ1n) is 5.72. The van der Waals surface area contributed by atoms with Crippen LogP contribution >= 0.6 is 0 Å². The molecule has 3 heteroatoms. The van der Waals surface area contributed by atoms with E-state index in [0.717, 1.165) is 11.1 Å². The van der Waals surface area contributed by atoms with Gasteiger partial charge in [0.05, 0.1) is 14.2 Å². The van der Waals surface area contributed by atoms with Crippen LogP contribution in [0.4, 0.5) is 0 Å². The zero-order valence-corrected chi connectivity index (χ0v) is 10.5. The molecule has 0 fully saturated rings. The van der Waals surface area contributed by atoms with Crippen LogP contribution in [0.15, 0.2) is 42.5 Å². The Balaban J connectivity index is 2.33. The number of ether oxygens (including phenoxy) is 2. The average molecular weight is 244 g/mol. The third-order valence-corrected chi connectivity index (χ3v) is 2.82. The number of aromatic hydroxyl groups is 1. The first-order valence-corrected chi connectivity index (χ1v) is 5.72. The lowest BCUT2D eigenvalue weighted by molar-refractivity contribution is 0.350. The first-order chi connectivity index (χ1) is 8.74. The predicted molar refractivity (Wildman–Crippen MR) is 70.5 cm³/mol. The van der Waals surface area contributed by atoms with Gasteiger partial charge in [-0.25, -0.2) is 0 Å². The van der Waals surface area contributed by atoms with E-state index in [1.807, 2.05) is 30.3 Å². The average Bonchev–Trinajstić information content (AvgIpc) is 2.41. The minimum atomic E-state index is 0.219. The largest absolute Gasteiger partial charge is 0.508 e. The summed E-state index contributed by atoms with van der Waals surface area (Å²) in [6.45, 7) is 0. The van der Waals surface area contributed by atoms with Gasteiger partial charge in [0.1, 0.15) is 5.75 Å². The van der Waals surface area contributed by atoms with Crippen LogP contribution in [0.5, 0.6) is 17.2 Å². The van der Waals surface area contributed by atoms with Gasteiger partial charge in [0.25, 0.3) is 0 Å². The summed E-state index contributed by atoms with van der Waals surface area (Å²) < 4.78 is 10.4. The van der Waals surface area contributed by atoms with E-state index in [1.165, 1.54) is 0 Å². The molecule has 0 spiro atoms. The van der Waals surface area contributed by atoms with Crippen molar-refractivity contribution >= 4 is 0 Å². The summed E-state index contributed by atoms with van der Waals surface area (Å²) in [6.07, 6.45) is 0.660. The van der Waals surface area contributed by atoms with Crippen molar-refractivity contribution < 1.29 is 14.6 Å². The molecular formula is C15H16O3. The van der Waals surface area contributed by atoms with Gasteiger partial charge in [-0.05, 0) is 11.6 Å². The van der Waals surface area contributed by atoms with Gasteiger partial charge >= 0.3 is 0 Å². The number of hydrogen-bond acceptors (Lipinski definition) is 3. The number of hydrogen-bond donors (Lipinski definition) is 1. The van der Waals surface area contributed by atoms with Gasteiger partial charge in [-0.2, -0.15) is 0 Å². The van der Waals surface area contributed by atoms with Crippen molar-refractivity contribution in [1.29, 1.82) is 0 Å². The van der Waals surface area contributed by atoms with Gasteiger partial charge in [0, 0.05) is 18.1 Å². The van der Waals surface area contributed by atoms with Crippen molar-refractivity contribution in [2.75, 3.05) is 14.2 Å². The van der Waals surface area contributed by atoms with Crippen molar-refractivity contribution in [1.82, 2.24) is 0 Å². The highest BCUT2D eigenvalue weighted by molar-refractivity contribution is 5.51. The van der Waals surface area contributed by atoms with E-state index in [0.29, 0.717) is 17.9 Å². The SMILES string of the molecule is COc1cc(O)c(Cc2ccccc2)cc1OC. The molecule has 0 atom stereocenters. The number of rotatable bonds is 4. The molecule has 0 aliphatic heterocycles. The molecule has 0 aliphatic rings. The molecule has 0 unspecified atom stereocenters. The summed E-state index contributed by atoms with van der Waals surface area (Å²) in [5.41, 5.74) is 1.96. The molecule has 2 rings (SSSR count). The monoisotopic (exact) mass is 244 g/mol. The lowest BCUT2D eigenvalue weighted by Crippen LogP contribution is -1.94. The fraction of sp³-hybridized carbons (Fsp3) is 0.200. The Morgan fingerprint density at radius 2 is 1.56 bits per heavy atom. The summed E-state index contributed by atoms with van der Waals surface area (Å²) in [6, 6.07) is 13.4. The van der Waals surface area contributed by atoms with Crippen molar-refractivity contribution in [3.63, 3.8) is 0 Å². The van der Waals surface area contributed by atoms with E-state index in [4.69, 9.17) is 9.47 Å². The Hall–Kier alpha value is -2.16. The topological polar surface area (TPSA) is 38.7 Å². The molecule has 0 amide bonds. The van der Waals surface area contributed by atoms with Crippen molar-refractivity contribution in [3.8, 4) is 17.2 Å². The smallest absolute Gasteiger partial charge is 0.164 e. The normalized spacial score (nSPS) is 10.1. The van der Waals surface area contributed by atoms with Crippen molar-refractivity contribution in [2.45, 2.75) is 6.42 Å². The highest BCUT2D eigenvalue weighted by Gasteiger charge is 2.10. The highest BCUT2D eigenvalue weighted by Crippen LogP contribution is 2.34. The first kappa shape index (κ1) is 12.3. The summed E-state index contributed by atoms with van der Waals surface area (Å²) in [4.78, 5) is 0. The quantitative estimate of drug-likeness (QED) is 0.898. The van der Waals surface area contributed by atoms with Crippen LogP contribution < -0.4 is 9.47 Å². The molecule has 0 saturated heterocycles. The maximum Gasteiger partial charge on any atom is 0.164 e. The molecule has 0 radical (unpaired) electrons. The summed E-state index contributed by atoms with van der Waals surface area (Å²) in [5, 5.41) is 9.97. The van der Waals surface area contributed by atoms with Crippen LogP contribution in [-0.2, 0) is 6.42 Å². The summed E-state index contributed by atoms with van der Waals surface area (Å²) >= 11 is 0. The maximum absolute atomic E-state index is 9.97. The highest BCUT2D eigenvalue weighted by atomic mass is 16.5. The van der Waals surface area contributed by atoms with Crippen molar-refractivity contribution in [3.05, 3.63) is 53.6 Å². The standard InChI is InChI=1S/C15H16O3/c1-17-14-9-12(13(16)10-15(14)18-2)8-11-6-4-3-5-7-11/h3-7,9-10,16H,8H2,1-2H3. The van der Waals surface area contributed by atoms with Crippen LogP contribution in [0.3, 0.4) is 0 Å². The minimum Gasteiger partial charge on any atom is -0.508 e.